The Kier molecular flexibility index (Phi) is 9.71. The quantitative estimate of drug-likeness (QED) is 0.462. The zero-order chi connectivity index (χ0) is 21.8. The molecule has 0 bridgehead atoms. The minimum atomic E-state index is -0.457. The van der Waals surface area contributed by atoms with E-state index in [0.29, 0.717) is 19.1 Å². The SMILES string of the molecule is CC(C)(C)OC(=O)NCCCCC=CC1CCN(C(=O)OCc2ccccc2)CC1. The lowest BCUT2D eigenvalue weighted by Crippen LogP contribution is -2.38. The van der Waals surface area contributed by atoms with E-state index in [4.69, 9.17) is 9.47 Å². The van der Waals surface area contributed by atoms with Crippen LogP contribution in [0.3, 0.4) is 0 Å². The van der Waals surface area contributed by atoms with Crippen LogP contribution in [0.15, 0.2) is 42.5 Å². The first-order valence-corrected chi connectivity index (χ1v) is 10.9. The summed E-state index contributed by atoms with van der Waals surface area (Å²) in [7, 11) is 0. The molecule has 0 atom stereocenters. The van der Waals surface area contributed by atoms with Crippen LogP contribution in [-0.4, -0.2) is 42.3 Å². The van der Waals surface area contributed by atoms with Gasteiger partial charge in [-0.1, -0.05) is 42.5 Å². The van der Waals surface area contributed by atoms with Crippen molar-refractivity contribution < 1.29 is 19.1 Å². The van der Waals surface area contributed by atoms with Crippen molar-refractivity contribution in [2.24, 2.45) is 5.92 Å². The molecule has 1 aromatic carbocycles. The Morgan fingerprint density at radius 3 is 2.50 bits per heavy atom. The van der Waals surface area contributed by atoms with E-state index in [0.717, 1.165) is 50.8 Å². The predicted molar refractivity (Wildman–Crippen MR) is 118 cm³/mol. The van der Waals surface area contributed by atoms with E-state index in [-0.39, 0.29) is 12.2 Å². The van der Waals surface area contributed by atoms with Crippen LogP contribution in [0.25, 0.3) is 0 Å². The fourth-order valence-corrected chi connectivity index (χ4v) is 3.27. The lowest BCUT2D eigenvalue weighted by Gasteiger charge is -2.30. The number of likely N-dealkylation sites (tertiary alicyclic amines) is 1. The summed E-state index contributed by atoms with van der Waals surface area (Å²) in [6.07, 6.45) is 8.80. The molecule has 1 saturated heterocycles. The maximum absolute atomic E-state index is 12.2. The Morgan fingerprint density at radius 1 is 1.13 bits per heavy atom. The summed E-state index contributed by atoms with van der Waals surface area (Å²) in [6, 6.07) is 9.75. The molecule has 1 aromatic rings. The molecule has 0 radical (unpaired) electrons. The van der Waals surface area contributed by atoms with Crippen molar-refractivity contribution in [1.82, 2.24) is 10.2 Å². The minimum absolute atomic E-state index is 0.223. The van der Waals surface area contributed by atoms with Crippen LogP contribution in [-0.2, 0) is 16.1 Å². The number of nitrogens with zero attached hydrogens (tertiary/aromatic N) is 1. The number of carbonyl (C=O) groups excluding carboxylic acids is 2. The number of benzene rings is 1. The summed E-state index contributed by atoms with van der Waals surface area (Å²) >= 11 is 0. The van der Waals surface area contributed by atoms with Crippen molar-refractivity contribution >= 4 is 12.2 Å². The maximum atomic E-state index is 12.2. The summed E-state index contributed by atoms with van der Waals surface area (Å²) < 4.78 is 10.6. The van der Waals surface area contributed by atoms with Gasteiger partial charge in [0.15, 0.2) is 0 Å². The number of amides is 2. The second kappa shape index (κ2) is 12.3. The second-order valence-corrected chi connectivity index (χ2v) is 8.72. The van der Waals surface area contributed by atoms with Crippen molar-refractivity contribution in [1.29, 1.82) is 0 Å². The average molecular weight is 417 g/mol. The van der Waals surface area contributed by atoms with Crippen LogP contribution >= 0.6 is 0 Å². The van der Waals surface area contributed by atoms with Crippen molar-refractivity contribution in [3.05, 3.63) is 48.0 Å². The zero-order valence-corrected chi connectivity index (χ0v) is 18.6. The maximum Gasteiger partial charge on any atom is 0.410 e. The number of hydrogen-bond acceptors (Lipinski definition) is 4. The van der Waals surface area contributed by atoms with Crippen LogP contribution in [0.5, 0.6) is 0 Å². The monoisotopic (exact) mass is 416 g/mol. The molecule has 0 aliphatic carbocycles. The van der Waals surface area contributed by atoms with E-state index in [1.165, 1.54) is 0 Å². The van der Waals surface area contributed by atoms with Crippen LogP contribution < -0.4 is 5.32 Å². The van der Waals surface area contributed by atoms with Crippen molar-refractivity contribution in [3.63, 3.8) is 0 Å². The normalized spacial score (nSPS) is 15.2. The largest absolute Gasteiger partial charge is 0.445 e. The highest BCUT2D eigenvalue weighted by Gasteiger charge is 2.22. The lowest BCUT2D eigenvalue weighted by molar-refractivity contribution is 0.0527. The van der Waals surface area contributed by atoms with Crippen molar-refractivity contribution in [3.8, 4) is 0 Å². The van der Waals surface area contributed by atoms with E-state index in [2.05, 4.69) is 17.5 Å². The van der Waals surface area contributed by atoms with Crippen LogP contribution in [0, 0.1) is 5.92 Å². The molecule has 0 saturated carbocycles. The first kappa shape index (κ1) is 23.8. The fourth-order valence-electron chi connectivity index (χ4n) is 3.27. The first-order chi connectivity index (χ1) is 14.3. The number of nitrogens with one attached hydrogen (secondary N) is 1. The van der Waals surface area contributed by atoms with Crippen molar-refractivity contribution in [2.75, 3.05) is 19.6 Å². The van der Waals surface area contributed by atoms with Crippen LogP contribution in [0.2, 0.25) is 0 Å². The van der Waals surface area contributed by atoms with Gasteiger partial charge in [0.1, 0.15) is 12.2 Å². The molecule has 6 heteroatoms. The Labute approximate surface area is 180 Å². The topological polar surface area (TPSA) is 67.9 Å². The standard InChI is InChI=1S/C24H36N2O4/c1-24(2,3)30-22(27)25-16-10-5-4-7-11-20-14-17-26(18-15-20)23(28)29-19-21-12-8-6-9-13-21/h6-9,11-13,20H,4-5,10,14-19H2,1-3H3,(H,25,27). The van der Waals surface area contributed by atoms with E-state index in [1.807, 2.05) is 51.1 Å². The van der Waals surface area contributed by atoms with E-state index >= 15 is 0 Å². The molecule has 0 unspecified atom stereocenters. The van der Waals surface area contributed by atoms with Gasteiger partial charge in [0.05, 0.1) is 0 Å². The van der Waals surface area contributed by atoms with Crippen LogP contribution in [0.1, 0.15) is 58.4 Å². The highest BCUT2D eigenvalue weighted by molar-refractivity contribution is 5.68. The lowest BCUT2D eigenvalue weighted by atomic mass is 9.96. The molecular formula is C24H36N2O4. The molecular weight excluding hydrogens is 380 g/mol. The second-order valence-electron chi connectivity index (χ2n) is 8.72. The van der Waals surface area contributed by atoms with Gasteiger partial charge in [-0.3, -0.25) is 0 Å². The fraction of sp³-hybridized carbons (Fsp3) is 0.583. The number of rotatable bonds is 8. The Bertz CT molecular complexity index is 674. The molecule has 1 heterocycles. The van der Waals surface area contributed by atoms with Gasteiger partial charge in [0.2, 0.25) is 0 Å². The van der Waals surface area contributed by atoms with Gasteiger partial charge >= 0.3 is 12.2 Å². The smallest absolute Gasteiger partial charge is 0.410 e. The third kappa shape index (κ3) is 9.81. The van der Waals surface area contributed by atoms with Gasteiger partial charge in [-0.05, 0) is 64.4 Å². The van der Waals surface area contributed by atoms with Gasteiger partial charge in [0.25, 0.3) is 0 Å². The molecule has 0 aromatic heterocycles. The Morgan fingerprint density at radius 2 is 1.83 bits per heavy atom. The van der Waals surface area contributed by atoms with Gasteiger partial charge in [-0.15, -0.1) is 0 Å². The summed E-state index contributed by atoms with van der Waals surface area (Å²) in [5, 5.41) is 2.78. The first-order valence-electron chi connectivity index (χ1n) is 10.9. The summed E-state index contributed by atoms with van der Waals surface area (Å²) in [6.45, 7) is 8.00. The Hall–Kier alpha value is -2.50. The van der Waals surface area contributed by atoms with Gasteiger partial charge < -0.3 is 19.7 Å². The number of unbranched alkanes of at least 4 members (excludes halogenated alkanes) is 2. The molecule has 6 nitrogen and oxygen atoms in total. The minimum Gasteiger partial charge on any atom is -0.445 e. The highest BCUT2D eigenvalue weighted by Crippen LogP contribution is 2.20. The summed E-state index contributed by atoms with van der Waals surface area (Å²) in [5.41, 5.74) is 0.547. The third-order valence-electron chi connectivity index (χ3n) is 4.88. The molecule has 2 rings (SSSR count). The molecule has 1 aliphatic heterocycles. The van der Waals surface area contributed by atoms with E-state index < -0.39 is 5.60 Å². The van der Waals surface area contributed by atoms with Gasteiger partial charge in [0, 0.05) is 19.6 Å². The highest BCUT2D eigenvalue weighted by atomic mass is 16.6. The number of alkyl carbamates (subject to hydrolysis) is 1. The third-order valence-corrected chi connectivity index (χ3v) is 4.88. The predicted octanol–water partition coefficient (Wildman–Crippen LogP) is 5.29. The summed E-state index contributed by atoms with van der Waals surface area (Å²) in [5.74, 6) is 0.517. The summed E-state index contributed by atoms with van der Waals surface area (Å²) in [4.78, 5) is 25.6. The molecule has 0 spiro atoms. The van der Waals surface area contributed by atoms with Gasteiger partial charge in [-0.25, -0.2) is 9.59 Å². The molecule has 2 amide bonds. The van der Waals surface area contributed by atoms with Crippen LogP contribution in [0.4, 0.5) is 9.59 Å². The van der Waals surface area contributed by atoms with E-state index in [9.17, 15) is 9.59 Å². The number of carbonyl (C=O) groups is 2. The molecule has 1 N–H and O–H groups in total. The molecule has 166 valence electrons. The van der Waals surface area contributed by atoms with E-state index in [1.54, 1.807) is 4.90 Å². The number of allylic oxidation sites excluding steroid dienone is 2. The molecule has 1 fully saturated rings. The Balaban J connectivity index is 1.52. The van der Waals surface area contributed by atoms with Crippen molar-refractivity contribution in [2.45, 2.75) is 65.1 Å². The number of piperidine rings is 1. The molecule has 30 heavy (non-hydrogen) atoms. The number of hydrogen-bond donors (Lipinski definition) is 1. The molecule has 1 aliphatic rings. The van der Waals surface area contributed by atoms with Gasteiger partial charge in [-0.2, -0.15) is 0 Å². The average Bonchev–Trinajstić information content (AvgIpc) is 2.71. The zero-order valence-electron chi connectivity index (χ0n) is 18.6. The number of ether oxygens (including phenoxy) is 2.